The molecule has 2 aromatic heterocycles. The predicted octanol–water partition coefficient (Wildman–Crippen LogP) is 3.77. The number of aromatic amines is 1. The van der Waals surface area contributed by atoms with E-state index in [4.69, 9.17) is 16.3 Å². The molecule has 0 bridgehead atoms. The molecule has 0 radical (unpaired) electrons. The molecule has 5 rings (SSSR count). The number of halogens is 1. The minimum atomic E-state index is -4.28. The molecule has 9 nitrogen and oxygen atoms in total. The number of aryl methyl sites for hydroxylation is 3. The summed E-state index contributed by atoms with van der Waals surface area (Å²) in [7, 11) is -1.23. The predicted molar refractivity (Wildman–Crippen MR) is 143 cm³/mol. The van der Waals surface area contributed by atoms with Crippen LogP contribution >= 0.6 is 11.6 Å². The van der Waals surface area contributed by atoms with E-state index in [1.807, 2.05) is 30.3 Å². The molecule has 0 saturated heterocycles. The van der Waals surface area contributed by atoms with Crippen molar-refractivity contribution in [2.45, 2.75) is 41.9 Å². The van der Waals surface area contributed by atoms with Gasteiger partial charge in [0.2, 0.25) is 9.84 Å². The molecule has 4 aromatic rings. The largest absolute Gasteiger partial charge is 0.496 e. The standard InChI is InChI=1S/C27H28ClN5O4S/c1-17-23(24(28)33(2)32-17)38(35,36)26(31-25(34)19-11-7-8-12-22(19)37-3)27(18-9-5-4-6-10-18)14-13-20-21(15-27)30-16-29-20/h4-12,16,26H,13-15H2,1-3H3,(H,29,30)(H,31,34). The molecule has 38 heavy (non-hydrogen) atoms. The average molecular weight is 554 g/mol. The van der Waals surface area contributed by atoms with E-state index in [9.17, 15) is 13.2 Å². The number of H-pyrrole nitrogens is 1. The van der Waals surface area contributed by atoms with Crippen molar-refractivity contribution in [3.63, 3.8) is 0 Å². The Morgan fingerprint density at radius 1 is 1.18 bits per heavy atom. The number of aromatic nitrogens is 4. The lowest BCUT2D eigenvalue weighted by Gasteiger charge is -2.43. The number of benzene rings is 2. The molecule has 198 valence electrons. The number of sulfone groups is 1. The molecular weight excluding hydrogens is 526 g/mol. The van der Waals surface area contributed by atoms with Crippen molar-refractivity contribution in [3.05, 3.63) is 94.3 Å². The van der Waals surface area contributed by atoms with Crippen LogP contribution in [0.4, 0.5) is 0 Å². The van der Waals surface area contributed by atoms with Crippen LogP contribution in [-0.2, 0) is 35.1 Å². The maximum atomic E-state index is 14.6. The number of nitrogens with zero attached hydrogens (tertiary/aromatic N) is 3. The Labute approximate surface area is 226 Å². The van der Waals surface area contributed by atoms with Gasteiger partial charge in [-0.05, 0) is 37.5 Å². The van der Waals surface area contributed by atoms with Gasteiger partial charge in [0.1, 0.15) is 21.2 Å². The molecule has 11 heteroatoms. The molecule has 1 aliphatic rings. The summed E-state index contributed by atoms with van der Waals surface area (Å²) >= 11 is 6.51. The highest BCUT2D eigenvalue weighted by molar-refractivity contribution is 7.92. The number of ether oxygens (including phenoxy) is 1. The molecule has 1 aliphatic carbocycles. The fraction of sp³-hybridized carbons (Fsp3) is 0.296. The lowest BCUT2D eigenvalue weighted by molar-refractivity contribution is 0.0926. The number of nitrogens with one attached hydrogen (secondary N) is 2. The summed E-state index contributed by atoms with van der Waals surface area (Å²) in [5.74, 6) is -0.232. The fourth-order valence-electron chi connectivity index (χ4n) is 5.45. The van der Waals surface area contributed by atoms with Gasteiger partial charge < -0.3 is 15.0 Å². The van der Waals surface area contributed by atoms with Gasteiger partial charge in [-0.25, -0.2) is 13.4 Å². The quantitative estimate of drug-likeness (QED) is 0.359. The fourth-order valence-corrected chi connectivity index (χ4v) is 8.19. The number of methoxy groups -OCH3 is 1. The smallest absolute Gasteiger partial charge is 0.256 e. The molecule has 0 fully saturated rings. The zero-order chi connectivity index (χ0) is 27.1. The van der Waals surface area contributed by atoms with E-state index in [-0.39, 0.29) is 21.3 Å². The van der Waals surface area contributed by atoms with Crippen molar-refractivity contribution in [3.8, 4) is 5.75 Å². The summed E-state index contributed by atoms with van der Waals surface area (Å²) in [6.45, 7) is 1.60. The Bertz CT molecular complexity index is 1600. The molecule has 2 heterocycles. The second kappa shape index (κ2) is 9.92. The number of para-hydroxylation sites is 1. The molecule has 2 N–H and O–H groups in total. The van der Waals surface area contributed by atoms with E-state index in [1.165, 1.54) is 11.8 Å². The first-order valence-electron chi connectivity index (χ1n) is 12.1. The summed E-state index contributed by atoms with van der Waals surface area (Å²) in [5.41, 5.74) is 1.95. The molecule has 2 atom stereocenters. The van der Waals surface area contributed by atoms with Gasteiger partial charge in [-0.1, -0.05) is 54.1 Å². The van der Waals surface area contributed by atoms with E-state index < -0.39 is 26.5 Å². The minimum Gasteiger partial charge on any atom is -0.496 e. The molecule has 0 aliphatic heterocycles. The van der Waals surface area contributed by atoms with Crippen LogP contribution in [-0.4, -0.2) is 46.6 Å². The second-order valence-corrected chi connectivity index (χ2v) is 11.8. The number of fused-ring (bicyclic) bond motifs is 1. The number of imidazole rings is 1. The highest BCUT2D eigenvalue weighted by atomic mass is 35.5. The highest BCUT2D eigenvalue weighted by Gasteiger charge is 2.52. The summed E-state index contributed by atoms with van der Waals surface area (Å²) in [5, 5.41) is 5.76. The van der Waals surface area contributed by atoms with Crippen molar-refractivity contribution < 1.29 is 17.9 Å². The van der Waals surface area contributed by atoms with Crippen molar-refractivity contribution in [1.82, 2.24) is 25.1 Å². The molecular formula is C27H28ClN5O4S. The van der Waals surface area contributed by atoms with Crippen molar-refractivity contribution in [2.75, 3.05) is 7.11 Å². The third kappa shape index (κ3) is 4.27. The topological polar surface area (TPSA) is 119 Å². The summed E-state index contributed by atoms with van der Waals surface area (Å²) in [6, 6.07) is 16.1. The maximum Gasteiger partial charge on any atom is 0.256 e. The van der Waals surface area contributed by atoms with Crippen LogP contribution in [0.5, 0.6) is 5.75 Å². The van der Waals surface area contributed by atoms with E-state index in [0.717, 1.165) is 17.0 Å². The van der Waals surface area contributed by atoms with E-state index in [1.54, 1.807) is 44.6 Å². The number of hydrogen-bond acceptors (Lipinski definition) is 6. The molecule has 2 aromatic carbocycles. The van der Waals surface area contributed by atoms with Gasteiger partial charge >= 0.3 is 0 Å². The maximum absolute atomic E-state index is 14.6. The third-order valence-electron chi connectivity index (χ3n) is 7.27. The van der Waals surface area contributed by atoms with Crippen LogP contribution < -0.4 is 10.1 Å². The van der Waals surface area contributed by atoms with Crippen molar-refractivity contribution >= 4 is 27.3 Å². The zero-order valence-electron chi connectivity index (χ0n) is 21.2. The Balaban J connectivity index is 1.74. The number of rotatable bonds is 7. The van der Waals surface area contributed by atoms with E-state index in [0.29, 0.717) is 25.0 Å². The van der Waals surface area contributed by atoms with Crippen LogP contribution in [0, 0.1) is 6.92 Å². The van der Waals surface area contributed by atoms with Gasteiger partial charge in [0.15, 0.2) is 0 Å². The molecule has 1 amide bonds. The van der Waals surface area contributed by atoms with Gasteiger partial charge in [-0.3, -0.25) is 9.48 Å². The van der Waals surface area contributed by atoms with Gasteiger partial charge in [-0.2, -0.15) is 5.10 Å². The number of carbonyl (C=O) groups is 1. The monoisotopic (exact) mass is 553 g/mol. The summed E-state index contributed by atoms with van der Waals surface area (Å²) in [4.78, 5) is 21.3. The van der Waals surface area contributed by atoms with E-state index in [2.05, 4.69) is 20.4 Å². The first-order valence-corrected chi connectivity index (χ1v) is 14.0. The number of hydrogen-bond donors (Lipinski definition) is 2. The normalized spacial score (nSPS) is 18.0. The minimum absolute atomic E-state index is 0.0136. The summed E-state index contributed by atoms with van der Waals surface area (Å²) < 4.78 is 36.0. The Hall–Kier alpha value is -3.63. The lowest BCUT2D eigenvalue weighted by Crippen LogP contribution is -2.57. The zero-order valence-corrected chi connectivity index (χ0v) is 22.8. The number of amides is 1. The molecule has 0 spiro atoms. The molecule has 0 saturated carbocycles. The van der Waals surface area contributed by atoms with Crippen LogP contribution in [0.1, 0.15) is 39.4 Å². The van der Waals surface area contributed by atoms with Gasteiger partial charge in [-0.15, -0.1) is 0 Å². The van der Waals surface area contributed by atoms with Crippen LogP contribution in [0.2, 0.25) is 5.15 Å². The van der Waals surface area contributed by atoms with Crippen molar-refractivity contribution in [1.29, 1.82) is 0 Å². The Morgan fingerprint density at radius 3 is 2.58 bits per heavy atom. The van der Waals surface area contributed by atoms with Gasteiger partial charge in [0, 0.05) is 24.6 Å². The first kappa shape index (κ1) is 26.0. The van der Waals surface area contributed by atoms with Crippen molar-refractivity contribution in [2.24, 2.45) is 7.05 Å². The van der Waals surface area contributed by atoms with Crippen LogP contribution in [0.25, 0.3) is 0 Å². The first-order chi connectivity index (χ1) is 18.2. The van der Waals surface area contributed by atoms with Crippen LogP contribution in [0.15, 0.2) is 65.8 Å². The number of carbonyl (C=O) groups excluding carboxylic acids is 1. The van der Waals surface area contributed by atoms with Crippen LogP contribution in [0.3, 0.4) is 0 Å². The Morgan fingerprint density at radius 2 is 1.89 bits per heavy atom. The molecule has 2 unspecified atom stereocenters. The van der Waals surface area contributed by atoms with Gasteiger partial charge in [0.05, 0.1) is 30.4 Å². The SMILES string of the molecule is COc1ccccc1C(=O)NC(C1(c2ccccc2)CCc2nc[nH]c2C1)S(=O)(=O)c1c(C)nn(C)c1Cl. The van der Waals surface area contributed by atoms with Gasteiger partial charge in [0.25, 0.3) is 5.91 Å². The third-order valence-corrected chi connectivity index (χ3v) is 10.1. The lowest BCUT2D eigenvalue weighted by atomic mass is 9.69. The second-order valence-electron chi connectivity index (χ2n) is 9.45. The average Bonchev–Trinajstić information content (AvgIpc) is 3.49. The summed E-state index contributed by atoms with van der Waals surface area (Å²) in [6.07, 6.45) is 2.90. The van der Waals surface area contributed by atoms with E-state index >= 15 is 0 Å². The highest BCUT2D eigenvalue weighted by Crippen LogP contribution is 2.45. The Kier molecular flexibility index (Phi) is 6.79.